The summed E-state index contributed by atoms with van der Waals surface area (Å²) >= 11 is 0. The largest absolute Gasteiger partial charge is 0.356 e. The standard InChI is InChI=1S/C19H26N6/c1-20-18(24-16-7-8-17-22-14-23-25(17)12-16)21-13-19(9-10-19)11-15-5-3-2-4-6-15/h2-6,14,16H,7-13H2,1H3,(H2,20,21,24). The van der Waals surface area contributed by atoms with Gasteiger partial charge in [0, 0.05) is 26.1 Å². The highest BCUT2D eigenvalue weighted by atomic mass is 15.4. The van der Waals surface area contributed by atoms with E-state index in [4.69, 9.17) is 0 Å². The van der Waals surface area contributed by atoms with Gasteiger partial charge in [0.25, 0.3) is 0 Å². The lowest BCUT2D eigenvalue weighted by Gasteiger charge is -2.26. The van der Waals surface area contributed by atoms with E-state index in [0.717, 1.165) is 44.1 Å². The van der Waals surface area contributed by atoms with Crippen LogP contribution in [0.4, 0.5) is 0 Å². The molecule has 2 heterocycles. The summed E-state index contributed by atoms with van der Waals surface area (Å²) in [5.41, 5.74) is 1.82. The predicted octanol–water partition coefficient (Wildman–Crippen LogP) is 1.78. The van der Waals surface area contributed by atoms with E-state index in [1.165, 1.54) is 18.4 Å². The topological polar surface area (TPSA) is 67.1 Å². The van der Waals surface area contributed by atoms with E-state index in [-0.39, 0.29) is 0 Å². The summed E-state index contributed by atoms with van der Waals surface area (Å²) in [4.78, 5) is 8.70. The third kappa shape index (κ3) is 3.83. The molecule has 0 spiro atoms. The Morgan fingerprint density at radius 1 is 1.32 bits per heavy atom. The van der Waals surface area contributed by atoms with Gasteiger partial charge in [-0.3, -0.25) is 4.99 Å². The zero-order valence-electron chi connectivity index (χ0n) is 14.8. The first-order chi connectivity index (χ1) is 12.3. The Hall–Kier alpha value is -2.37. The number of benzene rings is 1. The first-order valence-electron chi connectivity index (χ1n) is 9.14. The molecule has 6 nitrogen and oxygen atoms in total. The van der Waals surface area contributed by atoms with Gasteiger partial charge in [-0.1, -0.05) is 30.3 Å². The van der Waals surface area contributed by atoms with E-state index in [0.29, 0.717) is 11.5 Å². The highest BCUT2D eigenvalue weighted by molar-refractivity contribution is 5.80. The summed E-state index contributed by atoms with van der Waals surface area (Å²) in [6.45, 7) is 1.83. The summed E-state index contributed by atoms with van der Waals surface area (Å²) in [7, 11) is 1.84. The zero-order valence-corrected chi connectivity index (χ0v) is 14.8. The quantitative estimate of drug-likeness (QED) is 0.644. The number of guanidine groups is 1. The molecule has 1 aliphatic carbocycles. The Kier molecular flexibility index (Phi) is 4.42. The average Bonchev–Trinajstić information content (AvgIpc) is 3.24. The maximum absolute atomic E-state index is 4.41. The molecule has 2 aromatic rings. The van der Waals surface area contributed by atoms with E-state index in [9.17, 15) is 0 Å². The minimum atomic E-state index is 0.352. The van der Waals surface area contributed by atoms with E-state index in [1.54, 1.807) is 6.33 Å². The van der Waals surface area contributed by atoms with Gasteiger partial charge in [0.05, 0.1) is 6.54 Å². The Morgan fingerprint density at radius 3 is 2.92 bits per heavy atom. The molecule has 1 aromatic carbocycles. The van der Waals surface area contributed by atoms with Crippen LogP contribution in [0.1, 0.15) is 30.7 Å². The minimum absolute atomic E-state index is 0.352. The van der Waals surface area contributed by atoms with Gasteiger partial charge >= 0.3 is 0 Å². The van der Waals surface area contributed by atoms with Crippen LogP contribution in [-0.4, -0.2) is 40.4 Å². The predicted molar refractivity (Wildman–Crippen MR) is 98.4 cm³/mol. The average molecular weight is 338 g/mol. The number of hydrogen-bond donors (Lipinski definition) is 2. The van der Waals surface area contributed by atoms with Crippen LogP contribution < -0.4 is 10.6 Å². The Labute approximate surface area is 148 Å². The van der Waals surface area contributed by atoms with Gasteiger partial charge in [0.15, 0.2) is 5.96 Å². The molecular formula is C19H26N6. The number of nitrogens with zero attached hydrogens (tertiary/aromatic N) is 4. The van der Waals surface area contributed by atoms with Crippen LogP contribution in [0.25, 0.3) is 0 Å². The highest BCUT2D eigenvalue weighted by Crippen LogP contribution is 2.47. The number of aromatic nitrogens is 3. The van der Waals surface area contributed by atoms with E-state index in [2.05, 4.69) is 56.0 Å². The minimum Gasteiger partial charge on any atom is -0.356 e. The fourth-order valence-corrected chi connectivity index (χ4v) is 3.64. The van der Waals surface area contributed by atoms with Gasteiger partial charge in [0.2, 0.25) is 0 Å². The van der Waals surface area contributed by atoms with Gasteiger partial charge < -0.3 is 10.6 Å². The Balaban J connectivity index is 1.30. The van der Waals surface area contributed by atoms with Crippen molar-refractivity contribution in [3.05, 3.63) is 48.0 Å². The van der Waals surface area contributed by atoms with Gasteiger partial charge in [-0.25, -0.2) is 9.67 Å². The maximum atomic E-state index is 4.41. The number of aryl methyl sites for hydroxylation is 1. The summed E-state index contributed by atoms with van der Waals surface area (Å²) in [6, 6.07) is 11.1. The second-order valence-corrected chi connectivity index (χ2v) is 7.33. The summed E-state index contributed by atoms with van der Waals surface area (Å²) < 4.78 is 1.99. The Morgan fingerprint density at radius 2 is 2.16 bits per heavy atom. The van der Waals surface area contributed by atoms with E-state index in [1.807, 2.05) is 11.7 Å². The SMILES string of the molecule is CN=C(NCC1(Cc2ccccc2)CC1)NC1CCc2ncnn2C1. The zero-order chi connectivity index (χ0) is 17.1. The number of aliphatic imine (C=N–C) groups is 1. The summed E-state index contributed by atoms with van der Waals surface area (Å²) in [6.07, 6.45) is 7.39. The van der Waals surface area contributed by atoms with Crippen LogP contribution >= 0.6 is 0 Å². The Bertz CT molecular complexity index is 731. The van der Waals surface area contributed by atoms with Crippen LogP contribution in [0.5, 0.6) is 0 Å². The molecule has 1 unspecified atom stereocenters. The molecule has 0 bridgehead atoms. The van der Waals surface area contributed by atoms with Crippen molar-refractivity contribution in [3.63, 3.8) is 0 Å². The molecule has 2 aliphatic rings. The number of fused-ring (bicyclic) bond motifs is 1. The van der Waals surface area contributed by atoms with Crippen LogP contribution in [0, 0.1) is 5.41 Å². The normalized spacial score (nSPS) is 21.5. The first kappa shape index (κ1) is 16.1. The van der Waals surface area contributed by atoms with Gasteiger partial charge in [-0.15, -0.1) is 0 Å². The fourth-order valence-electron chi connectivity index (χ4n) is 3.64. The molecule has 1 saturated carbocycles. The van der Waals surface area contributed by atoms with Crippen LogP contribution in [0.15, 0.2) is 41.7 Å². The van der Waals surface area contributed by atoms with Crippen molar-refractivity contribution in [1.82, 2.24) is 25.4 Å². The van der Waals surface area contributed by atoms with Crippen molar-refractivity contribution >= 4 is 5.96 Å². The monoisotopic (exact) mass is 338 g/mol. The number of nitrogens with one attached hydrogen (secondary N) is 2. The smallest absolute Gasteiger partial charge is 0.191 e. The molecule has 0 saturated heterocycles. The highest BCUT2D eigenvalue weighted by Gasteiger charge is 2.42. The van der Waals surface area contributed by atoms with Gasteiger partial charge in [-0.05, 0) is 36.7 Å². The molecule has 1 fully saturated rings. The third-order valence-electron chi connectivity index (χ3n) is 5.38. The van der Waals surface area contributed by atoms with Crippen molar-refractivity contribution < 1.29 is 0 Å². The molecular weight excluding hydrogens is 312 g/mol. The molecule has 4 rings (SSSR count). The fraction of sp³-hybridized carbons (Fsp3) is 0.526. The summed E-state index contributed by atoms with van der Waals surface area (Å²) in [5.74, 6) is 1.98. The molecule has 6 heteroatoms. The van der Waals surface area contributed by atoms with Crippen molar-refractivity contribution in [2.45, 2.75) is 44.7 Å². The van der Waals surface area contributed by atoms with Crippen LogP contribution in [-0.2, 0) is 19.4 Å². The lowest BCUT2D eigenvalue weighted by atomic mass is 9.96. The lowest BCUT2D eigenvalue weighted by Crippen LogP contribution is -2.48. The van der Waals surface area contributed by atoms with Crippen molar-refractivity contribution in [2.75, 3.05) is 13.6 Å². The molecule has 25 heavy (non-hydrogen) atoms. The first-order valence-corrected chi connectivity index (χ1v) is 9.14. The number of hydrogen-bond acceptors (Lipinski definition) is 3. The second-order valence-electron chi connectivity index (χ2n) is 7.33. The third-order valence-corrected chi connectivity index (χ3v) is 5.38. The lowest BCUT2D eigenvalue weighted by molar-refractivity contribution is 0.390. The molecule has 132 valence electrons. The summed E-state index contributed by atoms with van der Waals surface area (Å²) in [5, 5.41) is 11.4. The van der Waals surface area contributed by atoms with Crippen molar-refractivity contribution in [2.24, 2.45) is 10.4 Å². The van der Waals surface area contributed by atoms with Crippen molar-refractivity contribution in [1.29, 1.82) is 0 Å². The maximum Gasteiger partial charge on any atom is 0.191 e. The molecule has 2 N–H and O–H groups in total. The van der Waals surface area contributed by atoms with E-state index < -0.39 is 0 Å². The van der Waals surface area contributed by atoms with Gasteiger partial charge in [0.1, 0.15) is 12.2 Å². The molecule has 1 aromatic heterocycles. The van der Waals surface area contributed by atoms with Crippen molar-refractivity contribution in [3.8, 4) is 0 Å². The molecule has 0 amide bonds. The molecule has 0 radical (unpaired) electrons. The molecule has 1 atom stereocenters. The van der Waals surface area contributed by atoms with E-state index >= 15 is 0 Å². The van der Waals surface area contributed by atoms with Crippen LogP contribution in [0.3, 0.4) is 0 Å². The number of rotatable bonds is 5. The van der Waals surface area contributed by atoms with Gasteiger partial charge in [-0.2, -0.15) is 5.10 Å². The van der Waals surface area contributed by atoms with Crippen LogP contribution in [0.2, 0.25) is 0 Å². The molecule has 1 aliphatic heterocycles. The second kappa shape index (κ2) is 6.86.